The largest absolute Gasteiger partial charge is 0.361 e. The van der Waals surface area contributed by atoms with E-state index in [9.17, 15) is 4.79 Å². The molecule has 3 N–H and O–H groups in total. The number of H-pyrrole nitrogens is 1. The maximum atomic E-state index is 11.9. The minimum absolute atomic E-state index is 0.00432. The van der Waals surface area contributed by atoms with Gasteiger partial charge in [0.15, 0.2) is 0 Å². The first kappa shape index (κ1) is 15.6. The van der Waals surface area contributed by atoms with Crippen molar-refractivity contribution in [3.8, 4) is 0 Å². The van der Waals surface area contributed by atoms with Crippen LogP contribution in [0, 0.1) is 5.92 Å². The maximum Gasteiger partial charge on any atom is 0.224 e. The number of benzene rings is 1. The number of carbonyl (C=O) groups is 1. The molecule has 1 heterocycles. The Hall–Kier alpha value is -1.81. The zero-order valence-electron chi connectivity index (χ0n) is 13.1. The van der Waals surface area contributed by atoms with E-state index in [1.54, 1.807) is 0 Å². The maximum absolute atomic E-state index is 11.9. The summed E-state index contributed by atoms with van der Waals surface area (Å²) in [5.41, 5.74) is 3.83. The van der Waals surface area contributed by atoms with E-state index >= 15 is 0 Å². The highest BCUT2D eigenvalue weighted by Gasteiger charge is 2.11. The van der Waals surface area contributed by atoms with E-state index in [-0.39, 0.29) is 11.8 Å². The third kappa shape index (κ3) is 3.64. The van der Waals surface area contributed by atoms with Gasteiger partial charge in [-0.25, -0.2) is 0 Å². The van der Waals surface area contributed by atoms with Crippen LogP contribution in [-0.4, -0.2) is 31.0 Å². The summed E-state index contributed by atoms with van der Waals surface area (Å²) >= 11 is 0. The van der Waals surface area contributed by atoms with Crippen molar-refractivity contribution in [1.82, 2.24) is 15.6 Å². The molecule has 2 aromatic rings. The molecule has 4 nitrogen and oxygen atoms in total. The monoisotopic (exact) mass is 287 g/mol. The molecular formula is C17H25N3O. The quantitative estimate of drug-likeness (QED) is 0.731. The van der Waals surface area contributed by atoms with Crippen molar-refractivity contribution in [2.24, 2.45) is 5.92 Å². The minimum atomic E-state index is 0.00432. The van der Waals surface area contributed by atoms with Crippen LogP contribution in [0.25, 0.3) is 10.9 Å². The lowest BCUT2D eigenvalue weighted by atomic mass is 10.1. The van der Waals surface area contributed by atoms with Gasteiger partial charge in [0.05, 0.1) is 0 Å². The summed E-state index contributed by atoms with van der Waals surface area (Å²) < 4.78 is 0. The molecule has 0 radical (unpaired) electrons. The molecule has 1 unspecified atom stereocenters. The standard InChI is InChI=1S/C17H25N3O/c1-4-13-6-5-7-15-14(11-20-16(13)15)8-9-19-17(21)12(2)10-18-3/h5-7,11-12,18,20H,4,8-10H2,1-3H3,(H,19,21). The Morgan fingerprint density at radius 3 is 2.86 bits per heavy atom. The molecule has 0 aliphatic heterocycles. The van der Waals surface area contributed by atoms with E-state index in [1.807, 2.05) is 14.0 Å². The average Bonchev–Trinajstić information content (AvgIpc) is 2.90. The number of amides is 1. The Labute approximate surface area is 126 Å². The van der Waals surface area contributed by atoms with Crippen LogP contribution < -0.4 is 10.6 Å². The highest BCUT2D eigenvalue weighted by atomic mass is 16.1. The van der Waals surface area contributed by atoms with Gasteiger partial charge in [0, 0.05) is 36.1 Å². The topological polar surface area (TPSA) is 56.9 Å². The second-order valence-corrected chi connectivity index (χ2v) is 5.51. The molecule has 1 atom stereocenters. The van der Waals surface area contributed by atoms with Gasteiger partial charge in [-0.05, 0) is 31.0 Å². The fourth-order valence-electron chi connectivity index (χ4n) is 2.67. The summed E-state index contributed by atoms with van der Waals surface area (Å²) in [6.45, 7) is 5.48. The molecule has 0 aliphatic rings. The normalized spacial score (nSPS) is 12.5. The summed E-state index contributed by atoms with van der Waals surface area (Å²) in [6.07, 6.45) is 3.94. The lowest BCUT2D eigenvalue weighted by molar-refractivity contribution is -0.124. The molecule has 0 bridgehead atoms. The van der Waals surface area contributed by atoms with Crippen molar-refractivity contribution in [2.75, 3.05) is 20.1 Å². The SMILES string of the molecule is CCc1cccc2c(CCNC(=O)C(C)CNC)c[nH]c12. The molecule has 1 aromatic carbocycles. The summed E-state index contributed by atoms with van der Waals surface area (Å²) in [7, 11) is 1.86. The van der Waals surface area contributed by atoms with Gasteiger partial charge in [-0.3, -0.25) is 4.79 Å². The third-order valence-electron chi connectivity index (χ3n) is 3.92. The fraction of sp³-hybridized carbons (Fsp3) is 0.471. The number of aryl methyl sites for hydroxylation is 1. The molecule has 0 spiro atoms. The van der Waals surface area contributed by atoms with Gasteiger partial charge in [-0.2, -0.15) is 0 Å². The Kier molecular flexibility index (Phi) is 5.39. The molecule has 0 saturated carbocycles. The van der Waals surface area contributed by atoms with Crippen LogP contribution >= 0.6 is 0 Å². The van der Waals surface area contributed by atoms with Crippen molar-refractivity contribution in [3.05, 3.63) is 35.5 Å². The van der Waals surface area contributed by atoms with Gasteiger partial charge in [0.25, 0.3) is 0 Å². The first-order chi connectivity index (χ1) is 10.2. The summed E-state index contributed by atoms with van der Waals surface area (Å²) in [6, 6.07) is 6.40. The molecule has 4 heteroatoms. The number of hydrogen-bond acceptors (Lipinski definition) is 2. The number of nitrogens with one attached hydrogen (secondary N) is 3. The highest BCUT2D eigenvalue weighted by Crippen LogP contribution is 2.22. The molecule has 114 valence electrons. The van der Waals surface area contributed by atoms with Crippen LogP contribution in [0.3, 0.4) is 0 Å². The zero-order chi connectivity index (χ0) is 15.2. The van der Waals surface area contributed by atoms with E-state index in [0.29, 0.717) is 13.1 Å². The Morgan fingerprint density at radius 1 is 1.33 bits per heavy atom. The zero-order valence-corrected chi connectivity index (χ0v) is 13.1. The molecule has 1 aromatic heterocycles. The number of fused-ring (bicyclic) bond motifs is 1. The van der Waals surface area contributed by atoms with Gasteiger partial charge < -0.3 is 15.6 Å². The molecule has 0 aliphatic carbocycles. The number of aromatic amines is 1. The number of para-hydroxylation sites is 1. The lowest BCUT2D eigenvalue weighted by Crippen LogP contribution is -2.35. The van der Waals surface area contributed by atoms with Gasteiger partial charge in [-0.1, -0.05) is 32.0 Å². The molecule has 0 saturated heterocycles. The number of rotatable bonds is 7. The molecule has 21 heavy (non-hydrogen) atoms. The van der Waals surface area contributed by atoms with E-state index in [4.69, 9.17) is 0 Å². The van der Waals surface area contributed by atoms with Crippen molar-refractivity contribution >= 4 is 16.8 Å². The van der Waals surface area contributed by atoms with Crippen LogP contribution in [0.5, 0.6) is 0 Å². The first-order valence-corrected chi connectivity index (χ1v) is 7.67. The van der Waals surface area contributed by atoms with E-state index in [2.05, 4.69) is 46.9 Å². The minimum Gasteiger partial charge on any atom is -0.361 e. The number of aromatic nitrogens is 1. The van der Waals surface area contributed by atoms with Crippen LogP contribution in [0.2, 0.25) is 0 Å². The highest BCUT2D eigenvalue weighted by molar-refractivity contribution is 5.86. The molecule has 0 fully saturated rings. The second kappa shape index (κ2) is 7.27. The van der Waals surface area contributed by atoms with Crippen molar-refractivity contribution in [3.63, 3.8) is 0 Å². The van der Waals surface area contributed by atoms with Gasteiger partial charge >= 0.3 is 0 Å². The molecular weight excluding hydrogens is 262 g/mol. The van der Waals surface area contributed by atoms with Gasteiger partial charge in [0.1, 0.15) is 0 Å². The number of hydrogen-bond donors (Lipinski definition) is 3. The second-order valence-electron chi connectivity index (χ2n) is 5.51. The van der Waals surface area contributed by atoms with Crippen molar-refractivity contribution in [2.45, 2.75) is 26.7 Å². The third-order valence-corrected chi connectivity index (χ3v) is 3.92. The van der Waals surface area contributed by atoms with E-state index < -0.39 is 0 Å². The average molecular weight is 287 g/mol. The van der Waals surface area contributed by atoms with Gasteiger partial charge in [0.2, 0.25) is 5.91 Å². The van der Waals surface area contributed by atoms with Crippen LogP contribution in [0.15, 0.2) is 24.4 Å². The predicted octanol–water partition coefficient (Wildman–Crippen LogP) is 2.24. The Balaban J connectivity index is 1.97. The molecule has 1 amide bonds. The Bertz CT molecular complexity index is 603. The number of carbonyl (C=O) groups excluding carboxylic acids is 1. The van der Waals surface area contributed by atoms with Crippen molar-refractivity contribution < 1.29 is 4.79 Å². The van der Waals surface area contributed by atoms with E-state index in [1.165, 1.54) is 22.0 Å². The summed E-state index contributed by atoms with van der Waals surface area (Å²) in [5.74, 6) is 0.114. The predicted molar refractivity (Wildman–Crippen MR) is 87.5 cm³/mol. The lowest BCUT2D eigenvalue weighted by Gasteiger charge is -2.11. The van der Waals surface area contributed by atoms with Gasteiger partial charge in [-0.15, -0.1) is 0 Å². The first-order valence-electron chi connectivity index (χ1n) is 7.67. The fourth-order valence-corrected chi connectivity index (χ4v) is 2.67. The van der Waals surface area contributed by atoms with Crippen LogP contribution in [0.1, 0.15) is 25.0 Å². The van der Waals surface area contributed by atoms with E-state index in [0.717, 1.165) is 12.8 Å². The smallest absolute Gasteiger partial charge is 0.224 e. The van der Waals surface area contributed by atoms with Crippen LogP contribution in [0.4, 0.5) is 0 Å². The Morgan fingerprint density at radius 2 is 2.14 bits per heavy atom. The van der Waals surface area contributed by atoms with Crippen LogP contribution in [-0.2, 0) is 17.6 Å². The van der Waals surface area contributed by atoms with Crippen molar-refractivity contribution in [1.29, 1.82) is 0 Å². The summed E-state index contributed by atoms with van der Waals surface area (Å²) in [4.78, 5) is 15.2. The molecule has 2 rings (SSSR count). The summed E-state index contributed by atoms with van der Waals surface area (Å²) in [5, 5.41) is 7.30.